The minimum Gasteiger partial charge on any atom is -0.334 e. The Morgan fingerprint density at radius 1 is 1.38 bits per heavy atom. The van der Waals surface area contributed by atoms with Gasteiger partial charge in [0.05, 0.1) is 0 Å². The van der Waals surface area contributed by atoms with Gasteiger partial charge in [0.1, 0.15) is 0 Å². The van der Waals surface area contributed by atoms with E-state index < -0.39 is 0 Å². The molecule has 0 N–H and O–H groups in total. The zero-order valence-corrected chi connectivity index (χ0v) is 11.4. The molecule has 0 aliphatic carbocycles. The summed E-state index contributed by atoms with van der Waals surface area (Å²) in [5.41, 5.74) is 0. The van der Waals surface area contributed by atoms with E-state index in [1.807, 2.05) is 16.7 Å². The molecular weight excluding hydrogens is 266 g/mol. The lowest BCUT2D eigenvalue weighted by molar-refractivity contribution is 0.0752. The number of carbonyl (C=O) groups excluding carboxylic acids is 1. The second kappa shape index (κ2) is 4.89. The smallest absolute Gasteiger partial charge is 0.284 e. The van der Waals surface area contributed by atoms with Gasteiger partial charge in [-0.05, 0) is 11.6 Å². The third kappa shape index (κ3) is 2.67. The third-order valence-corrected chi connectivity index (χ3v) is 4.52. The molecule has 4 nitrogen and oxygen atoms in total. The Hall–Kier alpha value is -0.330. The van der Waals surface area contributed by atoms with Gasteiger partial charge >= 0.3 is 0 Å². The average Bonchev–Trinajstić information content (AvgIpc) is 2.62. The van der Waals surface area contributed by atoms with Crippen LogP contribution in [0.3, 0.4) is 0 Å². The second-order valence-electron chi connectivity index (χ2n) is 3.83. The molecule has 2 rings (SSSR count). The molecule has 1 aromatic heterocycles. The Morgan fingerprint density at radius 2 is 2.00 bits per heavy atom. The summed E-state index contributed by atoms with van der Waals surface area (Å²) in [5, 5.41) is 8.75. The lowest BCUT2D eigenvalue weighted by Crippen LogP contribution is -2.44. The van der Waals surface area contributed by atoms with Gasteiger partial charge in [0.2, 0.25) is 9.47 Å². The maximum atomic E-state index is 12.1. The van der Waals surface area contributed by atoms with Crippen molar-refractivity contribution in [2.75, 3.05) is 13.1 Å². The van der Waals surface area contributed by atoms with Crippen LogP contribution in [0, 0.1) is 0 Å². The normalized spacial score (nSPS) is 25.8. The van der Waals surface area contributed by atoms with Gasteiger partial charge in [-0.2, -0.15) is 11.8 Å². The predicted molar refractivity (Wildman–Crippen MR) is 67.3 cm³/mol. The van der Waals surface area contributed by atoms with E-state index in [9.17, 15) is 4.79 Å². The topological polar surface area (TPSA) is 46.1 Å². The lowest BCUT2D eigenvalue weighted by atomic mass is 10.3. The Balaban J connectivity index is 2.09. The number of hydrogen-bond acceptors (Lipinski definition) is 5. The highest BCUT2D eigenvalue weighted by Crippen LogP contribution is 2.26. The van der Waals surface area contributed by atoms with E-state index in [0.717, 1.165) is 24.4 Å². The molecule has 0 bridgehead atoms. The van der Waals surface area contributed by atoms with Crippen LogP contribution in [-0.4, -0.2) is 44.6 Å². The lowest BCUT2D eigenvalue weighted by Gasteiger charge is -2.33. The molecule has 1 aliphatic heterocycles. The first-order valence-corrected chi connectivity index (χ1v) is 7.13. The molecule has 1 fully saturated rings. The molecule has 0 radical (unpaired) electrons. The summed E-state index contributed by atoms with van der Waals surface area (Å²) in [6.07, 6.45) is 0. The van der Waals surface area contributed by atoms with E-state index in [4.69, 9.17) is 11.6 Å². The summed E-state index contributed by atoms with van der Waals surface area (Å²) in [4.78, 5) is 13.9. The van der Waals surface area contributed by atoms with Crippen molar-refractivity contribution < 1.29 is 4.79 Å². The molecule has 1 amide bonds. The molecule has 2 unspecified atom stereocenters. The number of hydrogen-bond donors (Lipinski definition) is 0. The van der Waals surface area contributed by atoms with Crippen molar-refractivity contribution in [2.24, 2.45) is 0 Å². The van der Waals surface area contributed by atoms with Gasteiger partial charge in [-0.25, -0.2) is 0 Å². The van der Waals surface area contributed by atoms with Gasteiger partial charge in [-0.15, -0.1) is 10.2 Å². The van der Waals surface area contributed by atoms with Crippen LogP contribution in [0.5, 0.6) is 0 Å². The van der Waals surface area contributed by atoms with Crippen LogP contribution in [0.4, 0.5) is 0 Å². The van der Waals surface area contributed by atoms with E-state index >= 15 is 0 Å². The van der Waals surface area contributed by atoms with Crippen molar-refractivity contribution >= 4 is 40.6 Å². The zero-order valence-electron chi connectivity index (χ0n) is 9.01. The fraction of sp³-hybridized carbons (Fsp3) is 0.667. The van der Waals surface area contributed by atoms with Crippen LogP contribution in [0.2, 0.25) is 4.47 Å². The van der Waals surface area contributed by atoms with Gasteiger partial charge < -0.3 is 4.90 Å². The molecule has 16 heavy (non-hydrogen) atoms. The molecule has 0 aromatic carbocycles. The number of amides is 1. The number of thioether (sulfide) groups is 1. The Morgan fingerprint density at radius 3 is 2.50 bits per heavy atom. The van der Waals surface area contributed by atoms with E-state index in [-0.39, 0.29) is 5.91 Å². The van der Waals surface area contributed by atoms with Crippen molar-refractivity contribution in [3.05, 3.63) is 9.47 Å². The molecule has 2 heterocycles. The standard InChI is InChI=1S/C9H12ClN3OS2/c1-5-3-13(4-6(2)15-5)8(14)7-11-12-9(10)16-7/h5-6H,3-4H2,1-2H3. The van der Waals surface area contributed by atoms with Gasteiger partial charge in [0.25, 0.3) is 5.91 Å². The van der Waals surface area contributed by atoms with Gasteiger partial charge in [-0.1, -0.05) is 25.2 Å². The summed E-state index contributed by atoms with van der Waals surface area (Å²) >= 11 is 8.72. The molecule has 88 valence electrons. The highest BCUT2D eigenvalue weighted by Gasteiger charge is 2.28. The number of rotatable bonds is 1. The zero-order chi connectivity index (χ0) is 11.7. The monoisotopic (exact) mass is 277 g/mol. The minimum atomic E-state index is -0.0524. The van der Waals surface area contributed by atoms with Crippen molar-refractivity contribution in [3.8, 4) is 0 Å². The number of aromatic nitrogens is 2. The third-order valence-electron chi connectivity index (χ3n) is 2.29. The molecule has 7 heteroatoms. The van der Waals surface area contributed by atoms with E-state index in [1.165, 1.54) is 0 Å². The quantitative estimate of drug-likeness (QED) is 0.789. The van der Waals surface area contributed by atoms with E-state index in [2.05, 4.69) is 24.0 Å². The SMILES string of the molecule is CC1CN(C(=O)c2nnc(Cl)s2)CC(C)S1. The van der Waals surface area contributed by atoms with Crippen molar-refractivity contribution in [3.63, 3.8) is 0 Å². The van der Waals surface area contributed by atoms with Crippen LogP contribution in [0.15, 0.2) is 0 Å². The molecule has 1 saturated heterocycles. The molecule has 2 atom stereocenters. The minimum absolute atomic E-state index is 0.0524. The van der Waals surface area contributed by atoms with Crippen molar-refractivity contribution in [1.82, 2.24) is 15.1 Å². The number of nitrogens with zero attached hydrogens (tertiary/aromatic N) is 3. The molecular formula is C9H12ClN3OS2. The first-order valence-electron chi connectivity index (χ1n) is 5.00. The van der Waals surface area contributed by atoms with Crippen molar-refractivity contribution in [2.45, 2.75) is 24.3 Å². The van der Waals surface area contributed by atoms with Crippen LogP contribution in [-0.2, 0) is 0 Å². The Bertz CT molecular complexity index is 388. The fourth-order valence-corrected chi connectivity index (χ4v) is 3.89. The van der Waals surface area contributed by atoms with E-state index in [0.29, 0.717) is 20.0 Å². The summed E-state index contributed by atoms with van der Waals surface area (Å²) in [7, 11) is 0. The van der Waals surface area contributed by atoms with Gasteiger partial charge in [0.15, 0.2) is 0 Å². The Kier molecular flexibility index (Phi) is 3.71. The molecule has 1 aromatic rings. The van der Waals surface area contributed by atoms with Crippen LogP contribution in [0.25, 0.3) is 0 Å². The van der Waals surface area contributed by atoms with E-state index in [1.54, 1.807) is 0 Å². The second-order valence-corrected chi connectivity index (χ2v) is 7.27. The Labute approximate surface area is 107 Å². The van der Waals surface area contributed by atoms with Gasteiger partial charge in [-0.3, -0.25) is 4.79 Å². The van der Waals surface area contributed by atoms with Crippen LogP contribution < -0.4 is 0 Å². The largest absolute Gasteiger partial charge is 0.334 e. The summed E-state index contributed by atoms with van der Waals surface area (Å²) in [5.74, 6) is -0.0524. The maximum absolute atomic E-state index is 12.1. The molecule has 0 saturated carbocycles. The maximum Gasteiger partial charge on any atom is 0.284 e. The number of carbonyl (C=O) groups is 1. The average molecular weight is 278 g/mol. The highest BCUT2D eigenvalue weighted by molar-refractivity contribution is 8.00. The highest BCUT2D eigenvalue weighted by atomic mass is 35.5. The number of halogens is 1. The van der Waals surface area contributed by atoms with Crippen molar-refractivity contribution in [1.29, 1.82) is 0 Å². The molecule has 1 aliphatic rings. The first kappa shape index (κ1) is 12.1. The first-order chi connectivity index (χ1) is 7.56. The summed E-state index contributed by atoms with van der Waals surface area (Å²) < 4.78 is 0.316. The van der Waals surface area contributed by atoms with Crippen LogP contribution >= 0.6 is 34.7 Å². The summed E-state index contributed by atoms with van der Waals surface area (Å²) in [6.45, 7) is 5.80. The van der Waals surface area contributed by atoms with Crippen LogP contribution in [0.1, 0.15) is 23.6 Å². The fourth-order valence-electron chi connectivity index (χ4n) is 1.77. The predicted octanol–water partition coefficient (Wildman–Crippen LogP) is 2.16. The van der Waals surface area contributed by atoms with Gasteiger partial charge in [0, 0.05) is 23.6 Å². The summed E-state index contributed by atoms with van der Waals surface area (Å²) in [6, 6.07) is 0. The molecule has 0 spiro atoms.